The number of carbonyl (C=O) groups excluding carboxylic acids is 6. The summed E-state index contributed by atoms with van der Waals surface area (Å²) in [6.07, 6.45) is 3.21. The average molecular weight is 852 g/mol. The monoisotopic (exact) mass is 851 g/mol. The summed E-state index contributed by atoms with van der Waals surface area (Å²) < 4.78 is 0. The van der Waals surface area contributed by atoms with Gasteiger partial charge in [-0.2, -0.15) is 0 Å². The molecule has 6 N–H and O–H groups in total. The van der Waals surface area contributed by atoms with Gasteiger partial charge in [0.15, 0.2) is 5.78 Å². The zero-order chi connectivity index (χ0) is 44.6. The van der Waals surface area contributed by atoms with Gasteiger partial charge in [0.25, 0.3) is 0 Å². The van der Waals surface area contributed by atoms with Crippen LogP contribution in [0.5, 0.6) is 0 Å². The Morgan fingerprint density at radius 2 is 1.33 bits per heavy atom. The Balaban J connectivity index is 1.14. The molecule has 0 bridgehead atoms. The molecule has 2 aliphatic heterocycles. The number of benzene rings is 4. The van der Waals surface area contributed by atoms with Crippen molar-refractivity contribution in [2.75, 3.05) is 23.7 Å². The molecule has 4 atom stereocenters. The lowest BCUT2D eigenvalue weighted by Crippen LogP contribution is -2.48. The van der Waals surface area contributed by atoms with Crippen LogP contribution in [0, 0.1) is 11.8 Å². The number of ketones is 1. The van der Waals surface area contributed by atoms with Gasteiger partial charge in [-0.05, 0) is 97.2 Å². The van der Waals surface area contributed by atoms with Gasteiger partial charge in [0, 0.05) is 47.2 Å². The Kier molecular flexibility index (Phi) is 14.2. The van der Waals surface area contributed by atoms with Crippen molar-refractivity contribution in [1.29, 1.82) is 0 Å². The number of hydrogen-bond donors (Lipinski definition) is 6. The maximum atomic E-state index is 14.7. The largest absolute Gasteiger partial charge is 0.355 e. The first-order valence-electron chi connectivity index (χ1n) is 22.0. The van der Waals surface area contributed by atoms with E-state index in [4.69, 9.17) is 0 Å². The third kappa shape index (κ3) is 10.9. The minimum absolute atomic E-state index is 0.0821. The summed E-state index contributed by atoms with van der Waals surface area (Å²) >= 11 is 0. The van der Waals surface area contributed by atoms with Gasteiger partial charge in [-0.3, -0.25) is 28.8 Å². The van der Waals surface area contributed by atoms with Gasteiger partial charge < -0.3 is 36.5 Å². The molecule has 1 aromatic heterocycles. The van der Waals surface area contributed by atoms with Crippen LogP contribution in [-0.4, -0.2) is 70.4 Å². The lowest BCUT2D eigenvalue weighted by Gasteiger charge is -2.29. The molecule has 2 fully saturated rings. The Morgan fingerprint density at radius 1 is 0.683 bits per heavy atom. The summed E-state index contributed by atoms with van der Waals surface area (Å²) in [6.45, 7) is 8.90. The van der Waals surface area contributed by atoms with Crippen LogP contribution in [0.4, 0.5) is 11.4 Å². The number of aromatic amines is 1. The zero-order valence-electron chi connectivity index (χ0n) is 36.3. The van der Waals surface area contributed by atoms with Crippen LogP contribution < -0.4 is 26.6 Å². The lowest BCUT2D eigenvalue weighted by molar-refractivity contribution is -0.140. The summed E-state index contributed by atoms with van der Waals surface area (Å²) in [5, 5.41) is 15.9. The van der Waals surface area contributed by atoms with Crippen molar-refractivity contribution in [3.05, 3.63) is 120 Å². The van der Waals surface area contributed by atoms with E-state index >= 15 is 0 Å². The maximum Gasteiger partial charge on any atom is 0.250 e. The molecular formula is C50H57N7O6. The second kappa shape index (κ2) is 20.1. The van der Waals surface area contributed by atoms with E-state index in [2.05, 4.69) is 31.6 Å². The third-order valence-electron chi connectivity index (χ3n) is 11.5. The molecule has 2 saturated heterocycles. The average Bonchev–Trinajstić information content (AvgIpc) is 4.07. The molecule has 0 saturated carbocycles. The van der Waals surface area contributed by atoms with E-state index in [1.807, 2.05) is 88.4 Å². The molecule has 13 heteroatoms. The Hall–Kier alpha value is -6.60. The number of anilines is 2. The highest BCUT2D eigenvalue weighted by Crippen LogP contribution is 2.33. The van der Waals surface area contributed by atoms with Gasteiger partial charge in [0.1, 0.15) is 18.1 Å². The van der Waals surface area contributed by atoms with Crippen molar-refractivity contribution >= 4 is 57.6 Å². The zero-order valence-corrected chi connectivity index (χ0v) is 36.3. The molecule has 0 aliphatic carbocycles. The number of H-pyrrole nitrogens is 1. The summed E-state index contributed by atoms with van der Waals surface area (Å²) in [7, 11) is 0. The van der Waals surface area contributed by atoms with Gasteiger partial charge in [-0.15, -0.1) is 0 Å². The number of carbonyl (C=O) groups is 6. The smallest absolute Gasteiger partial charge is 0.250 e. The lowest BCUT2D eigenvalue weighted by atomic mass is 9.93. The van der Waals surface area contributed by atoms with Crippen LogP contribution in [0.25, 0.3) is 22.2 Å². The number of fused-ring (bicyclic) bond motifs is 1. The normalized spacial score (nSPS) is 17.1. The fraction of sp³-hybridized carbons (Fsp3) is 0.360. The highest BCUT2D eigenvalue weighted by atomic mass is 16.2. The minimum Gasteiger partial charge on any atom is -0.355 e. The van der Waals surface area contributed by atoms with E-state index < -0.39 is 18.1 Å². The van der Waals surface area contributed by atoms with E-state index in [0.29, 0.717) is 59.6 Å². The highest BCUT2D eigenvalue weighted by molar-refractivity contribution is 6.10. The molecule has 3 heterocycles. The Labute approximate surface area is 368 Å². The predicted molar refractivity (Wildman–Crippen MR) is 245 cm³/mol. The van der Waals surface area contributed by atoms with E-state index in [1.54, 1.807) is 47.4 Å². The number of aromatic nitrogens is 1. The second-order valence-corrected chi connectivity index (χ2v) is 17.4. The van der Waals surface area contributed by atoms with Gasteiger partial charge in [-0.1, -0.05) is 94.4 Å². The van der Waals surface area contributed by atoms with Crippen LogP contribution in [-0.2, 0) is 24.0 Å². The quantitative estimate of drug-likeness (QED) is 0.0558. The number of rotatable bonds is 16. The van der Waals surface area contributed by atoms with Crippen molar-refractivity contribution in [3.63, 3.8) is 0 Å². The van der Waals surface area contributed by atoms with Crippen molar-refractivity contribution in [2.45, 2.75) is 90.4 Å². The van der Waals surface area contributed by atoms with Crippen LogP contribution in [0.15, 0.2) is 103 Å². The van der Waals surface area contributed by atoms with Gasteiger partial charge in [0.2, 0.25) is 29.5 Å². The predicted octanol–water partition coefficient (Wildman–Crippen LogP) is 7.44. The number of nitrogens with zero attached hydrogens (tertiary/aromatic N) is 1. The van der Waals surface area contributed by atoms with Crippen molar-refractivity contribution in [3.8, 4) is 11.3 Å². The molecule has 2 aliphatic rings. The van der Waals surface area contributed by atoms with Gasteiger partial charge >= 0.3 is 0 Å². The first kappa shape index (κ1) is 44.5. The topological polar surface area (TPSA) is 182 Å². The highest BCUT2D eigenvalue weighted by Gasteiger charge is 2.38. The van der Waals surface area contributed by atoms with Crippen molar-refractivity contribution < 1.29 is 28.8 Å². The molecule has 5 amide bonds. The van der Waals surface area contributed by atoms with Crippen molar-refractivity contribution in [1.82, 2.24) is 25.8 Å². The minimum atomic E-state index is -0.999. The van der Waals surface area contributed by atoms with E-state index in [1.165, 1.54) is 0 Å². The van der Waals surface area contributed by atoms with Crippen molar-refractivity contribution in [2.24, 2.45) is 11.8 Å². The molecule has 4 aromatic carbocycles. The molecule has 63 heavy (non-hydrogen) atoms. The summed E-state index contributed by atoms with van der Waals surface area (Å²) in [4.78, 5) is 87.1. The number of Topliss-reactive ketones (excluding diaryl/α,β-unsaturated/α-hetero) is 1. The molecule has 5 aromatic rings. The fourth-order valence-electron chi connectivity index (χ4n) is 8.43. The standard InChI is InChI=1S/C50H57N7O6/c1-30(2)25-43(58)55-45(32-13-7-5-8-14-32)47(60)37-28-34(19-21-39(37)54-48(61)40-17-11-23-51-40)41-29-35-27-36(20-22-38(35)53-41)52-49(62)42-18-12-24-57(42)50(63)46(33-15-9-6-10-16-33)56-44(59)26-31(3)4/h5-10,13-16,19-22,27-31,40,42,45-46,51,53H,11-12,17-18,23-26H2,1-4H3,(H,52,62)(H,54,61)(H,55,58)(H,56,59)/t40-,42-,45+,46+/m0/s1. The maximum absolute atomic E-state index is 14.7. The van der Waals surface area contributed by atoms with E-state index in [0.717, 1.165) is 23.9 Å². The molecular weight excluding hydrogens is 795 g/mol. The number of amides is 5. The van der Waals surface area contributed by atoms with Crippen LogP contribution in [0.1, 0.15) is 99.8 Å². The Morgan fingerprint density at radius 3 is 1.97 bits per heavy atom. The SMILES string of the molecule is CC(C)CC(=O)N[C@@H](C(=O)c1cc(-c2cc3cc(NC(=O)[C@@H]4CCCN4C(=O)[C@H](NC(=O)CC(C)C)c4ccccc4)ccc3[nH]2)ccc1NC(=O)[C@@H]1CCCN1)c1ccccc1. The molecule has 7 rings (SSSR count). The number of likely N-dealkylation sites (tertiary alicyclic amines) is 1. The first-order valence-corrected chi connectivity index (χ1v) is 22.0. The number of hydrogen-bond acceptors (Lipinski definition) is 7. The fourth-order valence-corrected chi connectivity index (χ4v) is 8.43. The molecule has 0 radical (unpaired) electrons. The molecule has 13 nitrogen and oxygen atoms in total. The van der Waals surface area contributed by atoms with Gasteiger partial charge in [-0.25, -0.2) is 0 Å². The van der Waals surface area contributed by atoms with E-state index in [-0.39, 0.29) is 71.6 Å². The molecule has 0 unspecified atom stereocenters. The Bertz CT molecular complexity index is 2460. The van der Waals surface area contributed by atoms with E-state index in [9.17, 15) is 28.8 Å². The third-order valence-corrected chi connectivity index (χ3v) is 11.5. The molecule has 0 spiro atoms. The van der Waals surface area contributed by atoms with Crippen LogP contribution >= 0.6 is 0 Å². The van der Waals surface area contributed by atoms with Gasteiger partial charge in [0.05, 0.1) is 11.7 Å². The summed E-state index contributed by atoms with van der Waals surface area (Å²) in [5.41, 5.74) is 4.55. The molecule has 328 valence electrons. The first-order chi connectivity index (χ1) is 30.3. The summed E-state index contributed by atoms with van der Waals surface area (Å²) in [6, 6.07) is 27.9. The summed E-state index contributed by atoms with van der Waals surface area (Å²) in [5.74, 6) is -1.53. The number of nitrogens with one attached hydrogen (secondary N) is 6. The second-order valence-electron chi connectivity index (χ2n) is 17.4. The van der Waals surface area contributed by atoms with Crippen LogP contribution in [0.2, 0.25) is 0 Å². The van der Waals surface area contributed by atoms with Crippen LogP contribution in [0.3, 0.4) is 0 Å².